The van der Waals surface area contributed by atoms with E-state index in [1.807, 2.05) is 0 Å². The quantitative estimate of drug-likeness (QED) is 0.306. The molecule has 1 saturated heterocycles. The Bertz CT molecular complexity index is 780. The van der Waals surface area contributed by atoms with E-state index in [1.165, 1.54) is 13.8 Å². The number of aliphatic hydroxyl groups is 2. The van der Waals surface area contributed by atoms with Crippen LogP contribution in [0.25, 0.3) is 0 Å². The van der Waals surface area contributed by atoms with Gasteiger partial charge in [0, 0.05) is 24.3 Å². The zero-order valence-corrected chi connectivity index (χ0v) is 17.2. The number of aliphatic hydroxyl groups excluding tert-OH is 1. The summed E-state index contributed by atoms with van der Waals surface area (Å²) in [6.45, 7) is 11.5. The van der Waals surface area contributed by atoms with Crippen molar-refractivity contribution in [1.82, 2.24) is 0 Å². The molecule has 0 amide bonds. The van der Waals surface area contributed by atoms with Gasteiger partial charge in [0.25, 0.3) is 0 Å². The van der Waals surface area contributed by atoms with E-state index in [2.05, 4.69) is 6.58 Å². The molecule has 8 heteroatoms. The highest BCUT2D eigenvalue weighted by molar-refractivity contribution is 5.91. The molecule has 1 aliphatic heterocycles. The summed E-state index contributed by atoms with van der Waals surface area (Å²) in [6.07, 6.45) is -2.74. The van der Waals surface area contributed by atoms with Crippen molar-refractivity contribution >= 4 is 17.9 Å². The van der Waals surface area contributed by atoms with Gasteiger partial charge in [-0.3, -0.25) is 9.59 Å². The summed E-state index contributed by atoms with van der Waals surface area (Å²) < 4.78 is 16.5. The molecule has 29 heavy (non-hydrogen) atoms. The summed E-state index contributed by atoms with van der Waals surface area (Å²) in [7, 11) is 0. The van der Waals surface area contributed by atoms with Crippen LogP contribution in [0.1, 0.15) is 34.6 Å². The van der Waals surface area contributed by atoms with Gasteiger partial charge in [0.2, 0.25) is 0 Å². The third kappa shape index (κ3) is 3.38. The van der Waals surface area contributed by atoms with Crippen molar-refractivity contribution in [2.75, 3.05) is 0 Å². The second kappa shape index (κ2) is 7.25. The first kappa shape index (κ1) is 21.5. The van der Waals surface area contributed by atoms with Gasteiger partial charge in [-0.25, -0.2) is 4.79 Å². The number of esters is 3. The van der Waals surface area contributed by atoms with Gasteiger partial charge in [0.05, 0.1) is 11.8 Å². The number of hydrogen-bond donors (Lipinski definition) is 2. The van der Waals surface area contributed by atoms with Crippen LogP contribution in [0.3, 0.4) is 0 Å². The molecular weight excluding hydrogens is 380 g/mol. The van der Waals surface area contributed by atoms with Gasteiger partial charge in [-0.1, -0.05) is 26.0 Å². The Hall–Kier alpha value is -2.19. The number of ether oxygens (including phenoxy) is 3. The molecule has 0 bridgehead atoms. The summed E-state index contributed by atoms with van der Waals surface area (Å²) in [5.41, 5.74) is -0.963. The van der Waals surface area contributed by atoms with Crippen molar-refractivity contribution in [2.24, 2.45) is 23.7 Å². The van der Waals surface area contributed by atoms with Gasteiger partial charge in [0.15, 0.2) is 6.10 Å². The lowest BCUT2D eigenvalue weighted by molar-refractivity contribution is -0.199. The zero-order chi connectivity index (χ0) is 21.8. The fourth-order valence-corrected chi connectivity index (χ4v) is 4.90. The summed E-state index contributed by atoms with van der Waals surface area (Å²) in [5.74, 6) is -4.48. The third-order valence-corrected chi connectivity index (χ3v) is 6.25. The molecule has 3 aliphatic rings. The van der Waals surface area contributed by atoms with Crippen LogP contribution in [0.15, 0.2) is 23.8 Å². The molecule has 1 saturated carbocycles. The summed E-state index contributed by atoms with van der Waals surface area (Å²) in [4.78, 5) is 36.2. The predicted octanol–water partition coefficient (Wildman–Crippen LogP) is 0.901. The number of carbonyl (C=O) groups excluding carboxylic acids is 3. The molecular formula is C21H28O8. The molecule has 160 valence electrons. The Kier molecular flexibility index (Phi) is 5.38. The highest BCUT2D eigenvalue weighted by atomic mass is 16.6. The van der Waals surface area contributed by atoms with Crippen LogP contribution >= 0.6 is 0 Å². The Morgan fingerprint density at radius 1 is 1.28 bits per heavy atom. The number of hydrogen-bond acceptors (Lipinski definition) is 8. The number of carbonyl (C=O) groups is 3. The second-order valence-electron chi connectivity index (χ2n) is 8.69. The summed E-state index contributed by atoms with van der Waals surface area (Å²) in [5, 5.41) is 22.7. The molecule has 8 nitrogen and oxygen atoms in total. The van der Waals surface area contributed by atoms with Crippen LogP contribution in [0.5, 0.6) is 0 Å². The van der Waals surface area contributed by atoms with Gasteiger partial charge < -0.3 is 24.4 Å². The maximum atomic E-state index is 12.3. The van der Waals surface area contributed by atoms with E-state index < -0.39 is 71.6 Å². The molecule has 8 unspecified atom stereocenters. The highest BCUT2D eigenvalue weighted by Gasteiger charge is 2.65. The van der Waals surface area contributed by atoms with E-state index in [4.69, 9.17) is 14.2 Å². The lowest BCUT2D eigenvalue weighted by Gasteiger charge is -2.41. The second-order valence-corrected chi connectivity index (χ2v) is 8.69. The van der Waals surface area contributed by atoms with Crippen LogP contribution in [-0.4, -0.2) is 58.1 Å². The number of fused-ring (bicyclic) bond motifs is 3. The van der Waals surface area contributed by atoms with Crippen LogP contribution in [0.4, 0.5) is 0 Å². The predicted molar refractivity (Wildman–Crippen MR) is 100 cm³/mol. The minimum absolute atomic E-state index is 0.0632. The first-order valence-electron chi connectivity index (χ1n) is 9.74. The molecule has 2 N–H and O–H groups in total. The van der Waals surface area contributed by atoms with E-state index >= 15 is 0 Å². The van der Waals surface area contributed by atoms with E-state index in [-0.39, 0.29) is 5.57 Å². The monoisotopic (exact) mass is 408 g/mol. The molecule has 3 rings (SSSR count). The summed E-state index contributed by atoms with van der Waals surface area (Å²) in [6, 6.07) is 0. The van der Waals surface area contributed by atoms with Crippen LogP contribution in [0.2, 0.25) is 0 Å². The van der Waals surface area contributed by atoms with E-state index in [9.17, 15) is 24.6 Å². The topological polar surface area (TPSA) is 119 Å². The van der Waals surface area contributed by atoms with Crippen LogP contribution < -0.4 is 0 Å². The lowest BCUT2D eigenvalue weighted by Crippen LogP contribution is -2.57. The Labute approximate surface area is 169 Å². The fourth-order valence-electron chi connectivity index (χ4n) is 4.90. The molecule has 0 aromatic rings. The highest BCUT2D eigenvalue weighted by Crippen LogP contribution is 2.53. The molecule has 0 aromatic heterocycles. The third-order valence-electron chi connectivity index (χ3n) is 6.25. The van der Waals surface area contributed by atoms with E-state index in [0.29, 0.717) is 0 Å². The van der Waals surface area contributed by atoms with Gasteiger partial charge >= 0.3 is 17.9 Å². The van der Waals surface area contributed by atoms with Crippen molar-refractivity contribution in [3.63, 3.8) is 0 Å². The lowest BCUT2D eigenvalue weighted by atomic mass is 9.74. The Morgan fingerprint density at radius 2 is 1.90 bits per heavy atom. The van der Waals surface area contributed by atoms with Gasteiger partial charge in [0.1, 0.15) is 23.9 Å². The molecule has 1 heterocycles. The Balaban J connectivity index is 2.13. The average Bonchev–Trinajstić information content (AvgIpc) is 3.05. The van der Waals surface area contributed by atoms with Crippen molar-refractivity contribution in [3.8, 4) is 0 Å². The normalized spacial score (nSPS) is 41.2. The SMILES string of the molecule is C=C1C(=O)OC2C1C(O)C(OC(=O)C(C)C)C(C)(O)C1C(OC(C)=O)C=C(C)C21. The average molecular weight is 408 g/mol. The van der Waals surface area contributed by atoms with Crippen molar-refractivity contribution in [1.29, 1.82) is 0 Å². The van der Waals surface area contributed by atoms with Gasteiger partial charge in [-0.2, -0.15) is 0 Å². The van der Waals surface area contributed by atoms with Gasteiger partial charge in [-0.05, 0) is 19.9 Å². The molecule has 0 radical (unpaired) electrons. The zero-order valence-electron chi connectivity index (χ0n) is 17.2. The largest absolute Gasteiger partial charge is 0.458 e. The molecule has 2 aliphatic carbocycles. The smallest absolute Gasteiger partial charge is 0.334 e. The maximum Gasteiger partial charge on any atom is 0.334 e. The minimum atomic E-state index is -1.78. The fraction of sp³-hybridized carbons (Fsp3) is 0.667. The van der Waals surface area contributed by atoms with Crippen LogP contribution in [0, 0.1) is 23.7 Å². The summed E-state index contributed by atoms with van der Waals surface area (Å²) >= 11 is 0. The molecule has 8 atom stereocenters. The van der Waals surface area contributed by atoms with Crippen molar-refractivity contribution in [3.05, 3.63) is 23.8 Å². The standard InChI is InChI=1S/C21H28O8/c1-8(2)19(24)29-18-16(23)14-10(4)20(25)28-17(14)13-9(3)7-12(27-11(5)22)15(13)21(18,6)26/h7-8,12-18,23,26H,4H2,1-3,5-6H3. The number of rotatable bonds is 3. The van der Waals surface area contributed by atoms with Crippen LogP contribution in [-0.2, 0) is 28.6 Å². The first-order valence-corrected chi connectivity index (χ1v) is 9.74. The van der Waals surface area contributed by atoms with Crippen molar-refractivity contribution in [2.45, 2.75) is 64.6 Å². The minimum Gasteiger partial charge on any atom is -0.458 e. The van der Waals surface area contributed by atoms with Gasteiger partial charge in [-0.15, -0.1) is 0 Å². The molecule has 2 fully saturated rings. The van der Waals surface area contributed by atoms with E-state index in [1.54, 1.807) is 26.8 Å². The van der Waals surface area contributed by atoms with E-state index in [0.717, 1.165) is 5.57 Å². The van der Waals surface area contributed by atoms with Crippen molar-refractivity contribution < 1.29 is 38.8 Å². The molecule has 0 aromatic carbocycles. The maximum absolute atomic E-state index is 12.3. The Morgan fingerprint density at radius 3 is 2.45 bits per heavy atom. The first-order chi connectivity index (χ1) is 13.4. The molecule has 0 spiro atoms.